The Hall–Kier alpha value is -1.79. The van der Waals surface area contributed by atoms with Gasteiger partial charge in [-0.25, -0.2) is 4.79 Å². The molecule has 0 radical (unpaired) electrons. The number of ether oxygens (including phenoxy) is 8. The maximum atomic E-state index is 11.7. The van der Waals surface area contributed by atoms with Crippen LogP contribution in [0.3, 0.4) is 0 Å². The van der Waals surface area contributed by atoms with E-state index in [0.29, 0.717) is 38.3 Å². The first-order valence-electron chi connectivity index (χ1n) is 21.7. The fourth-order valence-corrected chi connectivity index (χ4v) is 7.23. The monoisotopic (exact) mass is 780 g/mol. The molecule has 1 saturated carbocycles. The minimum Gasteiger partial charge on any atom is -0.447 e. The lowest BCUT2D eigenvalue weighted by atomic mass is 9.85. The molecule has 1 unspecified atom stereocenters. The van der Waals surface area contributed by atoms with Crippen LogP contribution in [0.4, 0.5) is 4.79 Å². The van der Waals surface area contributed by atoms with Crippen molar-refractivity contribution in [2.24, 2.45) is 23.5 Å². The van der Waals surface area contributed by atoms with Crippen LogP contribution in [-0.4, -0.2) is 95.6 Å². The van der Waals surface area contributed by atoms with E-state index in [1.54, 1.807) is 7.11 Å². The van der Waals surface area contributed by atoms with E-state index >= 15 is 0 Å². The Kier molecular flexibility index (Phi) is 27.2. The van der Waals surface area contributed by atoms with Crippen LogP contribution in [0, 0.1) is 17.8 Å². The molecule has 2 rings (SSSR count). The zero-order valence-electron chi connectivity index (χ0n) is 36.1. The summed E-state index contributed by atoms with van der Waals surface area (Å²) in [5.41, 5.74) is 6.47. The van der Waals surface area contributed by atoms with Gasteiger partial charge in [0, 0.05) is 7.11 Å². The van der Waals surface area contributed by atoms with Gasteiger partial charge >= 0.3 is 6.09 Å². The van der Waals surface area contributed by atoms with Crippen molar-refractivity contribution in [3.63, 3.8) is 0 Å². The summed E-state index contributed by atoms with van der Waals surface area (Å²) in [7, 11) is 1.64. The molecule has 0 aliphatic heterocycles. The Labute approximate surface area is 335 Å². The van der Waals surface area contributed by atoms with Gasteiger partial charge in [0.1, 0.15) is 18.8 Å². The van der Waals surface area contributed by atoms with Gasteiger partial charge in [-0.05, 0) is 69.8 Å². The Morgan fingerprint density at radius 2 is 1.38 bits per heavy atom. The fraction of sp³-hybridized carbons (Fsp3) is 0.844. The van der Waals surface area contributed by atoms with Crippen molar-refractivity contribution in [3.8, 4) is 0 Å². The first kappa shape index (κ1) is 49.4. The Balaban J connectivity index is 2.03. The van der Waals surface area contributed by atoms with E-state index in [9.17, 15) is 4.79 Å². The lowest BCUT2D eigenvalue weighted by Crippen LogP contribution is -2.41. The third-order valence-corrected chi connectivity index (χ3v) is 10.6. The van der Waals surface area contributed by atoms with Gasteiger partial charge in [0.15, 0.2) is 0 Å². The minimum absolute atomic E-state index is 0.0309. The van der Waals surface area contributed by atoms with Crippen LogP contribution in [0.2, 0.25) is 0 Å². The molecule has 1 aromatic rings. The van der Waals surface area contributed by atoms with Gasteiger partial charge in [-0.2, -0.15) is 0 Å². The maximum absolute atomic E-state index is 11.7. The number of carbonyl (C=O) groups is 1. The van der Waals surface area contributed by atoms with Crippen molar-refractivity contribution < 1.29 is 42.7 Å². The van der Waals surface area contributed by atoms with Gasteiger partial charge in [0.25, 0.3) is 0 Å². The number of hydrogen-bond donors (Lipinski definition) is 1. The number of amides is 1. The van der Waals surface area contributed by atoms with Crippen LogP contribution in [0.5, 0.6) is 0 Å². The predicted molar refractivity (Wildman–Crippen MR) is 220 cm³/mol. The molecule has 1 aromatic carbocycles. The SMILES string of the molecule is COCCO[C@@H](CO[C@H](COC(N)=O)CO[C@H](CO[C@@H](CC(C)C)C(C)O[C@H](C)CCCCCCCC(C)C)C1CCCCC1)[C@H](C)OCc1ccccc1. The highest BCUT2D eigenvalue weighted by atomic mass is 16.6. The first-order chi connectivity index (χ1) is 26.5. The van der Waals surface area contributed by atoms with Crippen LogP contribution < -0.4 is 5.73 Å². The molecule has 0 saturated heterocycles. The second-order valence-electron chi connectivity index (χ2n) is 16.7. The molecule has 10 nitrogen and oxygen atoms in total. The quantitative estimate of drug-likeness (QED) is 0.0696. The molecule has 0 spiro atoms. The van der Waals surface area contributed by atoms with Crippen molar-refractivity contribution in [1.82, 2.24) is 0 Å². The molecule has 0 aromatic heterocycles. The van der Waals surface area contributed by atoms with E-state index in [0.717, 1.165) is 37.2 Å². The second-order valence-corrected chi connectivity index (χ2v) is 16.7. The predicted octanol–water partition coefficient (Wildman–Crippen LogP) is 9.68. The molecule has 2 N–H and O–H groups in total. The average molecular weight is 780 g/mol. The van der Waals surface area contributed by atoms with Gasteiger partial charge in [-0.3, -0.25) is 0 Å². The number of hydrogen-bond acceptors (Lipinski definition) is 9. The topological polar surface area (TPSA) is 117 Å². The normalized spacial score (nSPS) is 17.9. The Morgan fingerprint density at radius 3 is 2.04 bits per heavy atom. The van der Waals surface area contributed by atoms with Crippen LogP contribution in [0.15, 0.2) is 30.3 Å². The van der Waals surface area contributed by atoms with E-state index in [-0.39, 0.29) is 56.4 Å². The summed E-state index contributed by atoms with van der Waals surface area (Å²) in [6.07, 6.45) is 13.5. The van der Waals surface area contributed by atoms with Crippen molar-refractivity contribution in [1.29, 1.82) is 0 Å². The van der Waals surface area contributed by atoms with Gasteiger partial charge in [-0.15, -0.1) is 0 Å². The minimum atomic E-state index is -0.852. The Bertz CT molecular complexity index is 1050. The van der Waals surface area contributed by atoms with Gasteiger partial charge < -0.3 is 43.6 Å². The molecule has 0 bridgehead atoms. The maximum Gasteiger partial charge on any atom is 0.404 e. The summed E-state index contributed by atoms with van der Waals surface area (Å²) in [5, 5.41) is 0. The number of primary amides is 1. The highest BCUT2D eigenvalue weighted by Crippen LogP contribution is 2.30. The molecule has 1 amide bonds. The van der Waals surface area contributed by atoms with Gasteiger partial charge in [0.05, 0.1) is 70.2 Å². The highest BCUT2D eigenvalue weighted by molar-refractivity contribution is 5.64. The lowest BCUT2D eigenvalue weighted by Gasteiger charge is -2.34. The van der Waals surface area contributed by atoms with Crippen LogP contribution in [0.1, 0.15) is 138 Å². The summed E-state index contributed by atoms with van der Waals surface area (Å²) in [6, 6.07) is 10.0. The van der Waals surface area contributed by atoms with Crippen molar-refractivity contribution in [2.45, 2.75) is 181 Å². The van der Waals surface area contributed by atoms with Crippen LogP contribution >= 0.6 is 0 Å². The summed E-state index contributed by atoms with van der Waals surface area (Å²) in [5.74, 6) is 1.64. The number of rotatable bonds is 33. The van der Waals surface area contributed by atoms with Crippen LogP contribution in [-0.2, 0) is 44.5 Å². The summed E-state index contributed by atoms with van der Waals surface area (Å²) in [6.45, 7) is 17.6. The number of nitrogens with two attached hydrogens (primary N) is 1. The fourth-order valence-electron chi connectivity index (χ4n) is 7.23. The molecule has 1 aliphatic rings. The number of methoxy groups -OCH3 is 1. The molecule has 55 heavy (non-hydrogen) atoms. The van der Waals surface area contributed by atoms with E-state index in [4.69, 9.17) is 43.6 Å². The molecule has 1 aliphatic carbocycles. The third kappa shape index (κ3) is 23.9. The Morgan fingerprint density at radius 1 is 0.691 bits per heavy atom. The zero-order chi connectivity index (χ0) is 40.3. The third-order valence-electron chi connectivity index (χ3n) is 10.6. The summed E-state index contributed by atoms with van der Waals surface area (Å²) >= 11 is 0. The number of unbranched alkanes of at least 4 members (excludes halogenated alkanes) is 4. The van der Waals surface area contributed by atoms with Crippen molar-refractivity contribution in [3.05, 3.63) is 35.9 Å². The molecule has 10 heteroatoms. The lowest BCUT2D eigenvalue weighted by molar-refractivity contribution is -0.155. The molecular formula is C45H81NO9. The van der Waals surface area contributed by atoms with E-state index in [1.165, 1.54) is 57.8 Å². The largest absolute Gasteiger partial charge is 0.447 e. The molecular weight excluding hydrogens is 698 g/mol. The standard InChI is InChI=1S/C45H81NO9/c1-34(2)20-14-10-9-11-15-21-36(5)55-38(7)42(28-35(3)4)53-33-44(40-24-18-13-19-25-40)52-30-41(31-54-45(46)47)51-32-43(49-27-26-48-8)37(6)50-29-39-22-16-12-17-23-39/h12,16-17,22-23,34-38,40-44H,9-11,13-15,18-21,24-33H2,1-8H3,(H2,46,47)/t36-,37+,38?,41+,42+,43+,44-/m1/s1. The first-order valence-corrected chi connectivity index (χ1v) is 21.7. The average Bonchev–Trinajstić information content (AvgIpc) is 3.16. The van der Waals surface area contributed by atoms with E-state index < -0.39 is 12.2 Å². The molecule has 7 atom stereocenters. The second kappa shape index (κ2) is 30.3. The summed E-state index contributed by atoms with van der Waals surface area (Å²) in [4.78, 5) is 11.7. The molecule has 0 heterocycles. The van der Waals surface area contributed by atoms with Gasteiger partial charge in [0.2, 0.25) is 0 Å². The number of benzene rings is 1. The zero-order valence-corrected chi connectivity index (χ0v) is 36.1. The van der Waals surface area contributed by atoms with Gasteiger partial charge in [-0.1, -0.05) is 116 Å². The van der Waals surface area contributed by atoms with Crippen LogP contribution in [0.25, 0.3) is 0 Å². The van der Waals surface area contributed by atoms with Crippen molar-refractivity contribution >= 4 is 6.09 Å². The summed E-state index contributed by atoms with van der Waals surface area (Å²) < 4.78 is 49.2. The number of carbonyl (C=O) groups excluding carboxylic acids is 1. The molecule has 1 fully saturated rings. The molecule has 320 valence electrons. The van der Waals surface area contributed by atoms with E-state index in [2.05, 4.69) is 41.5 Å². The highest BCUT2D eigenvalue weighted by Gasteiger charge is 2.30. The van der Waals surface area contributed by atoms with Crippen molar-refractivity contribution in [2.75, 3.05) is 46.8 Å². The van der Waals surface area contributed by atoms with E-state index in [1.807, 2.05) is 37.3 Å². The smallest absolute Gasteiger partial charge is 0.404 e.